The summed E-state index contributed by atoms with van der Waals surface area (Å²) >= 11 is 0. The van der Waals surface area contributed by atoms with E-state index in [1.807, 2.05) is 4.90 Å². The van der Waals surface area contributed by atoms with Gasteiger partial charge in [0, 0.05) is 24.7 Å². The van der Waals surface area contributed by atoms with Crippen molar-refractivity contribution in [3.63, 3.8) is 0 Å². The minimum atomic E-state index is -4.39. The lowest BCUT2D eigenvalue weighted by Crippen LogP contribution is -2.36. The highest BCUT2D eigenvalue weighted by Gasteiger charge is 2.29. The molecule has 0 unspecified atom stereocenters. The Balaban J connectivity index is 1.63. The van der Waals surface area contributed by atoms with Crippen LogP contribution in [0.2, 0.25) is 0 Å². The number of nitro benzene ring substituents is 1. The third-order valence-corrected chi connectivity index (χ3v) is 4.34. The van der Waals surface area contributed by atoms with Crippen LogP contribution >= 0.6 is 0 Å². The van der Waals surface area contributed by atoms with Gasteiger partial charge in [-0.1, -0.05) is 23.4 Å². The molecule has 0 amide bonds. The van der Waals surface area contributed by atoms with Crippen LogP contribution in [0.5, 0.6) is 0 Å². The summed E-state index contributed by atoms with van der Waals surface area (Å²) in [5.41, 5.74) is 0.724. The Labute approximate surface area is 164 Å². The Kier molecular flexibility index (Phi) is 6.32. The fourth-order valence-corrected chi connectivity index (χ4v) is 2.84. The molecule has 3 rings (SSSR count). The van der Waals surface area contributed by atoms with E-state index in [0.29, 0.717) is 43.1 Å². The van der Waals surface area contributed by atoms with Gasteiger partial charge in [0.15, 0.2) is 0 Å². The molecule has 2 aromatic rings. The van der Waals surface area contributed by atoms with E-state index in [9.17, 15) is 23.3 Å². The molecule has 0 atom stereocenters. The van der Waals surface area contributed by atoms with Gasteiger partial charge in [-0.2, -0.15) is 13.2 Å². The van der Waals surface area contributed by atoms with Crippen molar-refractivity contribution in [2.75, 3.05) is 31.2 Å². The lowest BCUT2D eigenvalue weighted by atomic mass is 10.1. The first kappa shape index (κ1) is 20.6. The Morgan fingerprint density at radius 2 is 1.86 bits per heavy atom. The zero-order valence-corrected chi connectivity index (χ0v) is 15.3. The molecule has 1 aliphatic rings. The van der Waals surface area contributed by atoms with Crippen molar-refractivity contribution in [2.24, 2.45) is 5.16 Å². The van der Waals surface area contributed by atoms with Crippen LogP contribution in [0.25, 0.3) is 0 Å². The quantitative estimate of drug-likeness (QED) is 0.409. The fourth-order valence-electron chi connectivity index (χ4n) is 2.84. The highest BCUT2D eigenvalue weighted by molar-refractivity contribution is 5.82. The molecular formula is C19H18F3N3O4. The topological polar surface area (TPSA) is 77.2 Å². The first-order chi connectivity index (χ1) is 13.8. The molecule has 2 aromatic carbocycles. The molecular weight excluding hydrogens is 391 g/mol. The van der Waals surface area contributed by atoms with Crippen molar-refractivity contribution in [1.82, 2.24) is 0 Å². The van der Waals surface area contributed by atoms with Crippen LogP contribution < -0.4 is 4.90 Å². The molecule has 0 spiro atoms. The predicted octanol–water partition coefficient (Wildman–Crippen LogP) is 4.00. The predicted molar refractivity (Wildman–Crippen MR) is 100.0 cm³/mol. The third-order valence-electron chi connectivity index (χ3n) is 4.34. The molecule has 29 heavy (non-hydrogen) atoms. The normalized spacial score (nSPS) is 14.9. The van der Waals surface area contributed by atoms with E-state index >= 15 is 0 Å². The van der Waals surface area contributed by atoms with Gasteiger partial charge in [0.05, 0.1) is 29.9 Å². The molecule has 0 N–H and O–H groups in total. The maximum Gasteiger partial charge on any atom is 0.416 e. The number of nitrogens with zero attached hydrogens (tertiary/aromatic N) is 3. The van der Waals surface area contributed by atoms with Crippen molar-refractivity contribution in [2.45, 2.75) is 12.8 Å². The average molecular weight is 409 g/mol. The number of morpholine rings is 1. The summed E-state index contributed by atoms with van der Waals surface area (Å²) < 4.78 is 42.9. The van der Waals surface area contributed by atoms with Gasteiger partial charge in [-0.15, -0.1) is 0 Å². The van der Waals surface area contributed by atoms with Crippen LogP contribution in [-0.4, -0.2) is 37.4 Å². The maximum absolute atomic E-state index is 12.5. The number of alkyl halides is 3. The summed E-state index contributed by atoms with van der Waals surface area (Å²) in [6.07, 6.45) is -3.07. The zero-order valence-electron chi connectivity index (χ0n) is 15.3. The lowest BCUT2D eigenvalue weighted by molar-refractivity contribution is -0.384. The van der Waals surface area contributed by atoms with Crippen molar-refractivity contribution < 1.29 is 27.7 Å². The molecule has 0 radical (unpaired) electrons. The van der Waals surface area contributed by atoms with E-state index in [2.05, 4.69) is 5.16 Å². The van der Waals surface area contributed by atoms with Crippen LogP contribution in [0.3, 0.4) is 0 Å². The highest BCUT2D eigenvalue weighted by atomic mass is 19.4. The molecule has 0 bridgehead atoms. The first-order valence-corrected chi connectivity index (χ1v) is 8.77. The Bertz CT molecular complexity index is 879. The molecule has 1 saturated heterocycles. The number of hydrogen-bond donors (Lipinski definition) is 0. The SMILES string of the molecule is O=[N+]([O-])c1cc(C=NOCc2ccc(C(F)(F)F)cc2)ccc1N1CCOCC1. The molecule has 1 fully saturated rings. The lowest BCUT2D eigenvalue weighted by Gasteiger charge is -2.28. The van der Waals surface area contributed by atoms with Gasteiger partial charge >= 0.3 is 6.18 Å². The van der Waals surface area contributed by atoms with E-state index in [0.717, 1.165) is 12.1 Å². The molecule has 7 nitrogen and oxygen atoms in total. The largest absolute Gasteiger partial charge is 0.416 e. The smallest absolute Gasteiger partial charge is 0.391 e. The third kappa shape index (κ3) is 5.44. The molecule has 0 aliphatic carbocycles. The van der Waals surface area contributed by atoms with Crippen molar-refractivity contribution in [3.8, 4) is 0 Å². The second-order valence-corrected chi connectivity index (χ2v) is 6.31. The molecule has 154 valence electrons. The van der Waals surface area contributed by atoms with E-state index in [4.69, 9.17) is 9.57 Å². The van der Waals surface area contributed by atoms with E-state index in [-0.39, 0.29) is 12.3 Å². The van der Waals surface area contributed by atoms with Gasteiger partial charge in [0.1, 0.15) is 12.3 Å². The van der Waals surface area contributed by atoms with Crippen LogP contribution in [0, 0.1) is 10.1 Å². The monoisotopic (exact) mass is 409 g/mol. The Morgan fingerprint density at radius 1 is 1.17 bits per heavy atom. The fraction of sp³-hybridized carbons (Fsp3) is 0.316. The summed E-state index contributed by atoms with van der Waals surface area (Å²) in [5, 5.41) is 15.2. The van der Waals surface area contributed by atoms with E-state index in [1.165, 1.54) is 24.4 Å². The molecule has 0 saturated carbocycles. The number of benzene rings is 2. The van der Waals surface area contributed by atoms with Crippen molar-refractivity contribution in [1.29, 1.82) is 0 Å². The van der Waals surface area contributed by atoms with Gasteiger partial charge in [-0.05, 0) is 23.8 Å². The van der Waals surface area contributed by atoms with Gasteiger partial charge in [0.2, 0.25) is 0 Å². The number of anilines is 1. The summed E-state index contributed by atoms with van der Waals surface area (Å²) in [4.78, 5) is 17.9. The number of halogens is 3. The number of nitro groups is 1. The minimum Gasteiger partial charge on any atom is -0.391 e. The number of hydrogen-bond acceptors (Lipinski definition) is 6. The van der Waals surface area contributed by atoms with Gasteiger partial charge in [-0.3, -0.25) is 10.1 Å². The molecule has 1 heterocycles. The Hall–Kier alpha value is -3.14. The van der Waals surface area contributed by atoms with Gasteiger partial charge < -0.3 is 14.5 Å². The average Bonchev–Trinajstić information content (AvgIpc) is 2.71. The first-order valence-electron chi connectivity index (χ1n) is 8.77. The second-order valence-electron chi connectivity index (χ2n) is 6.31. The summed E-state index contributed by atoms with van der Waals surface area (Å²) in [6.45, 7) is 2.15. The van der Waals surface area contributed by atoms with Crippen LogP contribution in [0.15, 0.2) is 47.6 Å². The molecule has 0 aromatic heterocycles. The van der Waals surface area contributed by atoms with Crippen LogP contribution in [0.4, 0.5) is 24.5 Å². The van der Waals surface area contributed by atoms with E-state index in [1.54, 1.807) is 12.1 Å². The molecule has 1 aliphatic heterocycles. The summed E-state index contributed by atoms with van der Waals surface area (Å²) in [7, 11) is 0. The number of ether oxygens (including phenoxy) is 1. The van der Waals surface area contributed by atoms with Crippen LogP contribution in [0.1, 0.15) is 16.7 Å². The summed E-state index contributed by atoms with van der Waals surface area (Å²) in [6, 6.07) is 9.28. The Morgan fingerprint density at radius 3 is 2.48 bits per heavy atom. The summed E-state index contributed by atoms with van der Waals surface area (Å²) in [5.74, 6) is 0. The highest BCUT2D eigenvalue weighted by Crippen LogP contribution is 2.30. The molecule has 10 heteroatoms. The number of rotatable bonds is 6. The van der Waals surface area contributed by atoms with Gasteiger partial charge in [-0.25, -0.2) is 0 Å². The van der Waals surface area contributed by atoms with Crippen molar-refractivity contribution in [3.05, 3.63) is 69.3 Å². The standard InChI is InChI=1S/C19H18F3N3O4/c20-19(21,22)16-4-1-14(2-5-16)13-29-23-12-15-3-6-17(18(11-15)25(26)27)24-7-9-28-10-8-24/h1-6,11-12H,7-10,13H2. The number of oxime groups is 1. The van der Waals surface area contributed by atoms with Crippen LogP contribution in [-0.2, 0) is 22.4 Å². The maximum atomic E-state index is 12.5. The van der Waals surface area contributed by atoms with E-state index < -0.39 is 16.7 Å². The van der Waals surface area contributed by atoms with Crippen molar-refractivity contribution >= 4 is 17.6 Å². The minimum absolute atomic E-state index is 0.0252. The second kappa shape index (κ2) is 8.91. The zero-order chi connectivity index (χ0) is 20.9. The van der Waals surface area contributed by atoms with Gasteiger partial charge in [0.25, 0.3) is 5.69 Å².